The summed E-state index contributed by atoms with van der Waals surface area (Å²) in [6.07, 6.45) is -0.214. The van der Waals surface area contributed by atoms with Gasteiger partial charge < -0.3 is 14.7 Å². The van der Waals surface area contributed by atoms with E-state index in [1.165, 1.54) is 0 Å². The van der Waals surface area contributed by atoms with Crippen LogP contribution in [-0.4, -0.2) is 47.8 Å². The molecule has 1 aliphatic rings. The van der Waals surface area contributed by atoms with Crippen LogP contribution >= 0.6 is 0 Å². The highest BCUT2D eigenvalue weighted by molar-refractivity contribution is 5.78. The van der Waals surface area contributed by atoms with Crippen LogP contribution in [0, 0.1) is 5.92 Å². The van der Waals surface area contributed by atoms with Gasteiger partial charge in [0.15, 0.2) is 0 Å². The van der Waals surface area contributed by atoms with Crippen molar-refractivity contribution in [2.24, 2.45) is 5.92 Å². The monoisotopic (exact) mass is 201 g/mol. The van der Waals surface area contributed by atoms with E-state index < -0.39 is 0 Å². The van der Waals surface area contributed by atoms with Crippen molar-refractivity contribution in [3.63, 3.8) is 0 Å². The van der Waals surface area contributed by atoms with E-state index in [9.17, 15) is 4.79 Å². The van der Waals surface area contributed by atoms with E-state index in [0.717, 1.165) is 0 Å². The lowest BCUT2D eigenvalue weighted by molar-refractivity contribution is -0.149. The van der Waals surface area contributed by atoms with Gasteiger partial charge in [-0.15, -0.1) is 0 Å². The van der Waals surface area contributed by atoms with Crippen molar-refractivity contribution in [1.82, 2.24) is 4.90 Å². The Morgan fingerprint density at radius 1 is 1.64 bits per heavy atom. The molecule has 0 aliphatic carbocycles. The van der Waals surface area contributed by atoms with Gasteiger partial charge in [-0.25, -0.2) is 0 Å². The van der Waals surface area contributed by atoms with Gasteiger partial charge in [-0.1, -0.05) is 13.8 Å². The summed E-state index contributed by atoms with van der Waals surface area (Å²) in [6, 6.07) is 0.118. The molecule has 0 radical (unpaired) electrons. The van der Waals surface area contributed by atoms with Crippen LogP contribution in [0.4, 0.5) is 0 Å². The maximum Gasteiger partial charge on any atom is 0.225 e. The van der Waals surface area contributed by atoms with Crippen LogP contribution in [-0.2, 0) is 9.53 Å². The summed E-state index contributed by atoms with van der Waals surface area (Å²) >= 11 is 0. The molecule has 0 saturated carbocycles. The molecular formula is C10H19NO3. The lowest BCUT2D eigenvalue weighted by atomic mass is 10.1. The zero-order valence-electron chi connectivity index (χ0n) is 9.06. The summed E-state index contributed by atoms with van der Waals surface area (Å²) in [4.78, 5) is 13.6. The molecule has 4 nitrogen and oxygen atoms in total. The van der Waals surface area contributed by atoms with Gasteiger partial charge >= 0.3 is 0 Å². The predicted molar refractivity (Wildman–Crippen MR) is 52.8 cm³/mol. The molecule has 1 N–H and O–H groups in total. The van der Waals surface area contributed by atoms with Crippen LogP contribution < -0.4 is 0 Å². The maximum absolute atomic E-state index is 11.8. The van der Waals surface area contributed by atoms with Crippen LogP contribution in [0.1, 0.15) is 20.8 Å². The summed E-state index contributed by atoms with van der Waals surface area (Å²) < 4.78 is 5.36. The summed E-state index contributed by atoms with van der Waals surface area (Å²) in [5.74, 6) is 0.147. The van der Waals surface area contributed by atoms with Gasteiger partial charge in [0.05, 0.1) is 25.4 Å². The number of morpholine rings is 1. The number of hydrogen-bond acceptors (Lipinski definition) is 3. The van der Waals surface area contributed by atoms with Gasteiger partial charge in [-0.3, -0.25) is 4.79 Å². The topological polar surface area (TPSA) is 49.8 Å². The van der Waals surface area contributed by atoms with Crippen molar-refractivity contribution in [1.29, 1.82) is 0 Å². The van der Waals surface area contributed by atoms with Crippen molar-refractivity contribution in [2.75, 3.05) is 19.8 Å². The molecule has 1 rings (SSSR count). The first-order valence-corrected chi connectivity index (χ1v) is 5.09. The zero-order valence-corrected chi connectivity index (χ0v) is 9.06. The van der Waals surface area contributed by atoms with Gasteiger partial charge in [0.2, 0.25) is 5.91 Å². The SMILES string of the molecule is CC(C)C(=O)N1CC(CO)OCC1C. The number of hydrogen-bond donors (Lipinski definition) is 1. The highest BCUT2D eigenvalue weighted by Gasteiger charge is 2.30. The fourth-order valence-corrected chi connectivity index (χ4v) is 1.57. The normalized spacial score (nSPS) is 28.2. The Morgan fingerprint density at radius 2 is 2.29 bits per heavy atom. The number of rotatable bonds is 2. The second kappa shape index (κ2) is 4.75. The molecular weight excluding hydrogens is 182 g/mol. The Labute approximate surface area is 84.8 Å². The molecule has 0 aromatic heterocycles. The van der Waals surface area contributed by atoms with Crippen LogP contribution in [0.3, 0.4) is 0 Å². The molecule has 2 unspecified atom stereocenters. The average molecular weight is 201 g/mol. The molecule has 14 heavy (non-hydrogen) atoms. The number of aliphatic hydroxyl groups excluding tert-OH is 1. The van der Waals surface area contributed by atoms with Crippen LogP contribution in [0.2, 0.25) is 0 Å². The summed E-state index contributed by atoms with van der Waals surface area (Å²) in [5, 5.41) is 8.95. The molecule has 1 fully saturated rings. The van der Waals surface area contributed by atoms with Gasteiger partial charge in [0.25, 0.3) is 0 Å². The Bertz CT molecular complexity index is 206. The molecule has 2 atom stereocenters. The van der Waals surface area contributed by atoms with E-state index in [4.69, 9.17) is 9.84 Å². The van der Waals surface area contributed by atoms with Crippen molar-refractivity contribution >= 4 is 5.91 Å². The Morgan fingerprint density at radius 3 is 2.79 bits per heavy atom. The van der Waals surface area contributed by atoms with Crippen molar-refractivity contribution in [3.8, 4) is 0 Å². The smallest absolute Gasteiger partial charge is 0.225 e. The molecule has 1 saturated heterocycles. The van der Waals surface area contributed by atoms with Crippen LogP contribution in [0.15, 0.2) is 0 Å². The second-order valence-electron chi connectivity index (χ2n) is 4.13. The molecule has 82 valence electrons. The Kier molecular flexibility index (Phi) is 3.89. The minimum atomic E-state index is -0.214. The molecule has 0 spiro atoms. The number of amides is 1. The number of nitrogens with zero attached hydrogens (tertiary/aromatic N) is 1. The van der Waals surface area contributed by atoms with Gasteiger partial charge in [0.1, 0.15) is 0 Å². The fourth-order valence-electron chi connectivity index (χ4n) is 1.57. The van der Waals surface area contributed by atoms with E-state index in [1.807, 2.05) is 20.8 Å². The Balaban J connectivity index is 2.60. The molecule has 0 bridgehead atoms. The highest BCUT2D eigenvalue weighted by Crippen LogP contribution is 2.14. The summed E-state index contributed by atoms with van der Waals surface area (Å²) in [7, 11) is 0. The minimum Gasteiger partial charge on any atom is -0.394 e. The lowest BCUT2D eigenvalue weighted by Gasteiger charge is -2.38. The third-order valence-corrected chi connectivity index (χ3v) is 2.49. The standard InChI is InChI=1S/C10H19NO3/c1-7(2)10(13)11-4-9(5-12)14-6-8(11)3/h7-9,12H,4-6H2,1-3H3. The maximum atomic E-state index is 11.8. The fraction of sp³-hybridized carbons (Fsp3) is 0.900. The zero-order chi connectivity index (χ0) is 10.7. The third kappa shape index (κ3) is 2.45. The van der Waals surface area contributed by atoms with Crippen LogP contribution in [0.5, 0.6) is 0 Å². The van der Waals surface area contributed by atoms with E-state index in [0.29, 0.717) is 13.2 Å². The third-order valence-electron chi connectivity index (χ3n) is 2.49. The minimum absolute atomic E-state index is 0.00916. The van der Waals surface area contributed by atoms with Crippen LogP contribution in [0.25, 0.3) is 0 Å². The molecule has 1 amide bonds. The summed E-state index contributed by atoms with van der Waals surface area (Å²) in [5.41, 5.74) is 0. The molecule has 1 heterocycles. The number of carbonyl (C=O) groups excluding carboxylic acids is 1. The molecule has 1 aliphatic heterocycles. The predicted octanol–water partition coefficient (Wildman–Crippen LogP) is 0.251. The molecule has 0 aromatic carbocycles. The molecule has 0 aromatic rings. The Hall–Kier alpha value is -0.610. The lowest BCUT2D eigenvalue weighted by Crippen LogP contribution is -2.53. The largest absolute Gasteiger partial charge is 0.394 e. The average Bonchev–Trinajstić information content (AvgIpc) is 2.17. The highest BCUT2D eigenvalue weighted by atomic mass is 16.5. The van der Waals surface area contributed by atoms with Gasteiger partial charge in [-0.05, 0) is 6.92 Å². The van der Waals surface area contributed by atoms with E-state index in [-0.39, 0.29) is 30.6 Å². The first-order chi connectivity index (χ1) is 6.56. The van der Waals surface area contributed by atoms with Crippen molar-refractivity contribution in [2.45, 2.75) is 32.9 Å². The molecule has 4 heteroatoms. The number of aliphatic hydroxyl groups is 1. The number of ether oxygens (including phenoxy) is 1. The summed E-state index contributed by atoms with van der Waals surface area (Å²) in [6.45, 7) is 6.75. The first-order valence-electron chi connectivity index (χ1n) is 5.09. The van der Waals surface area contributed by atoms with Crippen molar-refractivity contribution < 1.29 is 14.6 Å². The van der Waals surface area contributed by atoms with Crippen molar-refractivity contribution in [3.05, 3.63) is 0 Å². The second-order valence-corrected chi connectivity index (χ2v) is 4.13. The van der Waals surface area contributed by atoms with Gasteiger partial charge in [0, 0.05) is 12.5 Å². The number of carbonyl (C=O) groups is 1. The van der Waals surface area contributed by atoms with E-state index in [1.54, 1.807) is 4.90 Å². The van der Waals surface area contributed by atoms with Gasteiger partial charge in [-0.2, -0.15) is 0 Å². The first kappa shape index (κ1) is 11.5. The van der Waals surface area contributed by atoms with E-state index >= 15 is 0 Å². The quantitative estimate of drug-likeness (QED) is 0.696. The van der Waals surface area contributed by atoms with E-state index in [2.05, 4.69) is 0 Å².